The number of hydrogen-bond acceptors (Lipinski definition) is 6. The molecule has 34 heavy (non-hydrogen) atoms. The van der Waals surface area contributed by atoms with Crippen LogP contribution in [0, 0.1) is 0 Å². The first-order chi connectivity index (χ1) is 16.1. The minimum absolute atomic E-state index is 0.128. The molecule has 2 atom stereocenters. The summed E-state index contributed by atoms with van der Waals surface area (Å²) < 4.78 is 33.0. The lowest BCUT2D eigenvalue weighted by Gasteiger charge is -2.34. The first kappa shape index (κ1) is 23.9. The van der Waals surface area contributed by atoms with Gasteiger partial charge in [-0.3, -0.25) is 19.8 Å². The number of amides is 3. The van der Waals surface area contributed by atoms with Crippen LogP contribution < -0.4 is 15.8 Å². The van der Waals surface area contributed by atoms with Crippen LogP contribution in [-0.4, -0.2) is 55.7 Å². The molecule has 2 aromatic rings. The van der Waals surface area contributed by atoms with Crippen molar-refractivity contribution in [1.29, 1.82) is 0 Å². The van der Waals surface area contributed by atoms with Gasteiger partial charge in [-0.15, -0.1) is 0 Å². The Hall–Kier alpha value is -3.28. The summed E-state index contributed by atoms with van der Waals surface area (Å²) in [5.41, 5.74) is 3.74. The highest BCUT2D eigenvalue weighted by molar-refractivity contribution is 7.89. The van der Waals surface area contributed by atoms with Gasteiger partial charge in [0.2, 0.25) is 21.8 Å². The molecule has 11 heteroatoms. The Kier molecular flexibility index (Phi) is 6.69. The highest BCUT2D eigenvalue weighted by Crippen LogP contribution is 2.23. The van der Waals surface area contributed by atoms with Gasteiger partial charge in [-0.05, 0) is 62.4 Å². The molecule has 2 aliphatic rings. The number of nitrogens with zero attached hydrogens (tertiary/aromatic N) is 2. The standard InChI is InChI=1S/C23H26N4O6S/c1-15-13-26(14-16(2)33-15)34(31,32)20-9-5-18(6-10-20)24-23(30)17-3-7-19(8-4-17)27-22(29)12-11-21(28)25-27/h3-10,15-16H,11-14H2,1-2H3,(H,24,30)(H,25,28). The van der Waals surface area contributed by atoms with Crippen molar-refractivity contribution in [3.63, 3.8) is 0 Å². The van der Waals surface area contributed by atoms with Gasteiger partial charge < -0.3 is 10.1 Å². The molecule has 2 aromatic carbocycles. The SMILES string of the molecule is CC1CN(S(=O)(=O)c2ccc(NC(=O)c3ccc(N4NC(=O)CCC4=O)cc3)cc2)CC(C)O1. The Morgan fingerprint density at radius 1 is 0.971 bits per heavy atom. The molecular formula is C23H26N4O6S. The smallest absolute Gasteiger partial charge is 0.255 e. The number of morpholine rings is 1. The molecule has 2 heterocycles. The van der Waals surface area contributed by atoms with Crippen LogP contribution in [0.25, 0.3) is 0 Å². The molecule has 2 fully saturated rings. The maximum absolute atomic E-state index is 13.0. The molecule has 3 amide bonds. The third kappa shape index (κ3) is 5.11. The minimum Gasteiger partial charge on any atom is -0.373 e. The lowest BCUT2D eigenvalue weighted by Crippen LogP contribution is -2.50. The van der Waals surface area contributed by atoms with Gasteiger partial charge in [-0.1, -0.05) is 0 Å². The largest absolute Gasteiger partial charge is 0.373 e. The van der Waals surface area contributed by atoms with E-state index < -0.39 is 15.9 Å². The van der Waals surface area contributed by atoms with E-state index in [1.54, 1.807) is 12.1 Å². The number of hydrazine groups is 1. The molecule has 2 unspecified atom stereocenters. The molecule has 0 saturated carbocycles. The monoisotopic (exact) mass is 486 g/mol. The van der Waals surface area contributed by atoms with Gasteiger partial charge >= 0.3 is 0 Å². The average molecular weight is 487 g/mol. The lowest BCUT2D eigenvalue weighted by molar-refractivity contribution is -0.130. The summed E-state index contributed by atoms with van der Waals surface area (Å²) in [6.07, 6.45) is -0.0928. The Morgan fingerprint density at radius 3 is 2.21 bits per heavy atom. The zero-order chi connectivity index (χ0) is 24.5. The molecule has 0 aliphatic carbocycles. The van der Waals surface area contributed by atoms with Crippen molar-refractivity contribution in [3.8, 4) is 0 Å². The van der Waals surface area contributed by atoms with Gasteiger partial charge in [0, 0.05) is 37.2 Å². The van der Waals surface area contributed by atoms with E-state index in [1.165, 1.54) is 45.7 Å². The lowest BCUT2D eigenvalue weighted by atomic mass is 10.1. The number of benzene rings is 2. The zero-order valence-electron chi connectivity index (χ0n) is 18.9. The summed E-state index contributed by atoms with van der Waals surface area (Å²) in [5, 5.41) is 3.90. The van der Waals surface area contributed by atoms with Gasteiger partial charge in [0.05, 0.1) is 22.8 Å². The number of rotatable bonds is 5. The number of hydrogen-bond donors (Lipinski definition) is 2. The number of carbonyl (C=O) groups excluding carboxylic acids is 3. The summed E-state index contributed by atoms with van der Waals surface area (Å²) in [7, 11) is -3.67. The molecular weight excluding hydrogens is 460 g/mol. The average Bonchev–Trinajstić information content (AvgIpc) is 2.80. The quantitative estimate of drug-likeness (QED) is 0.665. The number of anilines is 2. The van der Waals surface area contributed by atoms with Crippen LogP contribution in [0.5, 0.6) is 0 Å². The molecule has 10 nitrogen and oxygen atoms in total. The summed E-state index contributed by atoms with van der Waals surface area (Å²) in [6, 6.07) is 12.2. The van der Waals surface area contributed by atoms with E-state index in [-0.39, 0.29) is 54.8 Å². The first-order valence-electron chi connectivity index (χ1n) is 10.9. The third-order valence-electron chi connectivity index (χ3n) is 5.58. The first-order valence-corrected chi connectivity index (χ1v) is 12.4. The summed E-state index contributed by atoms with van der Waals surface area (Å²) >= 11 is 0. The van der Waals surface area contributed by atoms with E-state index in [1.807, 2.05) is 13.8 Å². The second-order valence-electron chi connectivity index (χ2n) is 8.37. The highest BCUT2D eigenvalue weighted by Gasteiger charge is 2.32. The second-order valence-corrected chi connectivity index (χ2v) is 10.3. The van der Waals surface area contributed by atoms with Gasteiger partial charge in [0.15, 0.2) is 0 Å². The fraction of sp³-hybridized carbons (Fsp3) is 0.348. The van der Waals surface area contributed by atoms with Gasteiger partial charge in [-0.2, -0.15) is 4.31 Å². The fourth-order valence-electron chi connectivity index (χ4n) is 3.94. The van der Waals surface area contributed by atoms with Crippen molar-refractivity contribution < 1.29 is 27.5 Å². The zero-order valence-corrected chi connectivity index (χ0v) is 19.7. The predicted molar refractivity (Wildman–Crippen MR) is 124 cm³/mol. The molecule has 180 valence electrons. The van der Waals surface area contributed by atoms with E-state index in [4.69, 9.17) is 4.74 Å². The summed E-state index contributed by atoms with van der Waals surface area (Å²) in [4.78, 5) is 36.3. The van der Waals surface area contributed by atoms with Crippen LogP contribution in [0.15, 0.2) is 53.4 Å². The van der Waals surface area contributed by atoms with Crippen molar-refractivity contribution in [2.24, 2.45) is 0 Å². The minimum atomic E-state index is -3.67. The van der Waals surface area contributed by atoms with Crippen molar-refractivity contribution in [1.82, 2.24) is 9.73 Å². The van der Waals surface area contributed by atoms with Crippen LogP contribution in [0.2, 0.25) is 0 Å². The topological polar surface area (TPSA) is 125 Å². The van der Waals surface area contributed by atoms with Crippen molar-refractivity contribution >= 4 is 39.1 Å². The van der Waals surface area contributed by atoms with E-state index in [0.717, 1.165) is 0 Å². The molecule has 2 N–H and O–H groups in total. The molecule has 0 bridgehead atoms. The summed E-state index contributed by atoms with van der Waals surface area (Å²) in [6.45, 7) is 4.25. The fourth-order valence-corrected chi connectivity index (χ4v) is 5.53. The van der Waals surface area contributed by atoms with Crippen LogP contribution in [0.1, 0.15) is 37.0 Å². The van der Waals surface area contributed by atoms with Gasteiger partial charge in [0.25, 0.3) is 5.91 Å². The van der Waals surface area contributed by atoms with Crippen molar-refractivity contribution in [2.75, 3.05) is 23.4 Å². The molecule has 0 aromatic heterocycles. The number of sulfonamides is 1. The van der Waals surface area contributed by atoms with Crippen molar-refractivity contribution in [3.05, 3.63) is 54.1 Å². The second kappa shape index (κ2) is 9.53. The molecule has 0 radical (unpaired) electrons. The molecule has 4 rings (SSSR count). The van der Waals surface area contributed by atoms with Gasteiger partial charge in [0.1, 0.15) is 0 Å². The Bertz CT molecular complexity index is 1190. The number of nitrogens with one attached hydrogen (secondary N) is 2. The van der Waals surface area contributed by atoms with E-state index in [2.05, 4.69) is 10.7 Å². The predicted octanol–water partition coefficient (Wildman–Crippen LogP) is 1.89. The Morgan fingerprint density at radius 2 is 1.59 bits per heavy atom. The maximum Gasteiger partial charge on any atom is 0.255 e. The number of ether oxygens (including phenoxy) is 1. The summed E-state index contributed by atoms with van der Waals surface area (Å²) in [5.74, 6) is -0.871. The van der Waals surface area contributed by atoms with Crippen LogP contribution in [0.3, 0.4) is 0 Å². The Balaban J connectivity index is 1.42. The van der Waals surface area contributed by atoms with Gasteiger partial charge in [-0.25, -0.2) is 13.4 Å². The molecule has 2 aliphatic heterocycles. The van der Waals surface area contributed by atoms with E-state index in [9.17, 15) is 22.8 Å². The maximum atomic E-state index is 13.0. The molecule has 0 spiro atoms. The van der Waals surface area contributed by atoms with Crippen LogP contribution in [-0.2, 0) is 24.3 Å². The Labute approximate surface area is 197 Å². The van der Waals surface area contributed by atoms with Crippen LogP contribution in [0.4, 0.5) is 11.4 Å². The normalized spacial score (nSPS) is 21.8. The van der Waals surface area contributed by atoms with Crippen LogP contribution >= 0.6 is 0 Å². The van der Waals surface area contributed by atoms with E-state index in [0.29, 0.717) is 16.9 Å². The third-order valence-corrected chi connectivity index (χ3v) is 7.42. The molecule has 2 saturated heterocycles. The highest BCUT2D eigenvalue weighted by atomic mass is 32.2. The van der Waals surface area contributed by atoms with E-state index >= 15 is 0 Å². The number of carbonyl (C=O) groups is 3. The van der Waals surface area contributed by atoms with Crippen molar-refractivity contribution in [2.45, 2.75) is 43.8 Å².